The Bertz CT molecular complexity index is 1560. The number of rotatable bonds is 2. The van der Waals surface area contributed by atoms with E-state index in [2.05, 4.69) is 88.4 Å². The maximum Gasteiger partial charge on any atom is -0.00207 e. The van der Waals surface area contributed by atoms with Gasteiger partial charge in [-0.1, -0.05) is 60.7 Å². The Morgan fingerprint density at radius 2 is 0.763 bits per heavy atom. The minimum Gasteiger partial charge on any atom is -0.0616 e. The van der Waals surface area contributed by atoms with Gasteiger partial charge in [-0.25, -0.2) is 0 Å². The predicted molar refractivity (Wildman–Crippen MR) is 165 cm³/mol. The van der Waals surface area contributed by atoms with E-state index in [1.165, 1.54) is 117 Å². The van der Waals surface area contributed by atoms with Gasteiger partial charge in [0.25, 0.3) is 0 Å². The normalized spacial score (nSPS) is 15.1. The number of aryl methyl sites for hydroxylation is 4. The lowest BCUT2D eigenvalue weighted by Gasteiger charge is -2.28. The van der Waals surface area contributed by atoms with Gasteiger partial charge in [-0.3, -0.25) is 0 Å². The Morgan fingerprint density at radius 1 is 0.421 bits per heavy atom. The lowest BCUT2D eigenvalue weighted by Crippen LogP contribution is -2.09. The van der Waals surface area contributed by atoms with Crippen LogP contribution in [0.3, 0.4) is 0 Å². The Labute approximate surface area is 227 Å². The van der Waals surface area contributed by atoms with Gasteiger partial charge in [0.15, 0.2) is 0 Å². The van der Waals surface area contributed by atoms with E-state index in [9.17, 15) is 0 Å². The molecule has 0 bridgehead atoms. The molecule has 2 aliphatic rings. The second-order valence-electron chi connectivity index (χ2n) is 11.9. The smallest absolute Gasteiger partial charge is 0.00207 e. The fraction of sp³-hybridized carbons (Fsp3) is 0.316. The largest absolute Gasteiger partial charge is 0.0616 e. The van der Waals surface area contributed by atoms with E-state index < -0.39 is 0 Å². The molecule has 190 valence electrons. The van der Waals surface area contributed by atoms with E-state index in [0.29, 0.717) is 0 Å². The molecule has 7 rings (SSSR count). The molecule has 0 amide bonds. The zero-order valence-electron chi connectivity index (χ0n) is 23.4. The molecule has 0 N–H and O–H groups in total. The van der Waals surface area contributed by atoms with Gasteiger partial charge >= 0.3 is 0 Å². The summed E-state index contributed by atoms with van der Waals surface area (Å²) in [4.78, 5) is 0. The molecule has 0 spiro atoms. The van der Waals surface area contributed by atoms with Crippen molar-refractivity contribution in [3.8, 4) is 22.3 Å². The molecule has 0 heteroatoms. The maximum atomic E-state index is 2.48. The lowest BCUT2D eigenvalue weighted by atomic mass is 9.76. The summed E-state index contributed by atoms with van der Waals surface area (Å²) in [5, 5.41) is 5.64. The second kappa shape index (κ2) is 9.12. The summed E-state index contributed by atoms with van der Waals surface area (Å²) in [6.45, 7) is 9.35. The molecule has 5 aromatic rings. The van der Waals surface area contributed by atoms with Crippen molar-refractivity contribution >= 4 is 21.5 Å². The molecule has 0 aromatic heterocycles. The van der Waals surface area contributed by atoms with Crippen LogP contribution in [0.25, 0.3) is 43.8 Å². The maximum absolute atomic E-state index is 2.48. The van der Waals surface area contributed by atoms with Crippen molar-refractivity contribution in [3.63, 3.8) is 0 Å². The van der Waals surface area contributed by atoms with E-state index >= 15 is 0 Å². The number of hydrogen-bond donors (Lipinski definition) is 0. The van der Waals surface area contributed by atoms with Gasteiger partial charge in [0.2, 0.25) is 0 Å². The summed E-state index contributed by atoms with van der Waals surface area (Å²) in [5.74, 6) is 0. The molecule has 0 fully saturated rings. The van der Waals surface area contributed by atoms with E-state index in [1.807, 2.05) is 0 Å². The van der Waals surface area contributed by atoms with E-state index in [1.54, 1.807) is 22.3 Å². The van der Waals surface area contributed by atoms with Crippen LogP contribution in [0.4, 0.5) is 0 Å². The predicted octanol–water partition coefficient (Wildman–Crippen LogP) is 10.3. The molecule has 38 heavy (non-hydrogen) atoms. The summed E-state index contributed by atoms with van der Waals surface area (Å²) < 4.78 is 0. The van der Waals surface area contributed by atoms with Crippen LogP contribution >= 0.6 is 0 Å². The summed E-state index contributed by atoms with van der Waals surface area (Å²) >= 11 is 0. The first-order valence-electron chi connectivity index (χ1n) is 14.7. The Hall–Kier alpha value is -3.38. The third-order valence-corrected chi connectivity index (χ3v) is 9.77. The molecular weight excluding hydrogens is 456 g/mol. The first-order chi connectivity index (χ1) is 18.5. The van der Waals surface area contributed by atoms with Gasteiger partial charge in [0, 0.05) is 0 Å². The molecule has 5 aromatic carbocycles. The van der Waals surface area contributed by atoms with Gasteiger partial charge in [-0.2, -0.15) is 0 Å². The molecule has 0 unspecified atom stereocenters. The quantitative estimate of drug-likeness (QED) is 0.214. The zero-order chi connectivity index (χ0) is 26.0. The van der Waals surface area contributed by atoms with Crippen molar-refractivity contribution in [3.05, 3.63) is 105 Å². The van der Waals surface area contributed by atoms with Crippen LogP contribution in [0.15, 0.2) is 60.7 Å². The number of fused-ring (bicyclic) bond motifs is 4. The van der Waals surface area contributed by atoms with Crippen LogP contribution in [0, 0.1) is 27.7 Å². The van der Waals surface area contributed by atoms with Gasteiger partial charge in [-0.05, 0) is 167 Å². The highest BCUT2D eigenvalue weighted by Crippen LogP contribution is 2.49. The first-order valence-corrected chi connectivity index (χ1v) is 14.7. The summed E-state index contributed by atoms with van der Waals surface area (Å²) in [5.41, 5.74) is 18.1. The Morgan fingerprint density at radius 3 is 1.13 bits per heavy atom. The molecular formula is C38H38. The van der Waals surface area contributed by atoms with Gasteiger partial charge < -0.3 is 0 Å². The molecule has 0 heterocycles. The van der Waals surface area contributed by atoms with E-state index in [4.69, 9.17) is 0 Å². The summed E-state index contributed by atoms with van der Waals surface area (Å²) in [7, 11) is 0. The first kappa shape index (κ1) is 23.7. The zero-order valence-corrected chi connectivity index (χ0v) is 23.4. The summed E-state index contributed by atoms with van der Waals surface area (Å²) in [6.07, 6.45) is 10.0. The molecule has 0 saturated heterocycles. The molecule has 0 aliphatic heterocycles. The fourth-order valence-corrected chi connectivity index (χ4v) is 7.68. The topological polar surface area (TPSA) is 0 Å². The van der Waals surface area contributed by atoms with Crippen LogP contribution in [-0.4, -0.2) is 0 Å². The average molecular weight is 495 g/mol. The Balaban J connectivity index is 1.68. The highest BCUT2D eigenvalue weighted by Gasteiger charge is 2.26. The molecule has 0 saturated carbocycles. The van der Waals surface area contributed by atoms with E-state index in [0.717, 1.165) is 0 Å². The van der Waals surface area contributed by atoms with Crippen molar-refractivity contribution in [2.24, 2.45) is 0 Å². The molecule has 0 nitrogen and oxygen atoms in total. The standard InChI is InChI=1S/C38H38/c1-23-21-27-13-5-7-15-29(27)35(25(23)3)37-31-17-9-11-19-33(31)38(34-20-12-10-18-32(34)37)36-26(4)24(2)22-28-14-6-8-16-30(28)36/h9-12,17-22H,5-8,13-16H2,1-4H3. The van der Waals surface area contributed by atoms with Crippen molar-refractivity contribution in [2.45, 2.75) is 79.1 Å². The molecule has 0 radical (unpaired) electrons. The lowest BCUT2D eigenvalue weighted by molar-refractivity contribution is 0.685. The van der Waals surface area contributed by atoms with E-state index in [-0.39, 0.29) is 0 Å². The third-order valence-electron chi connectivity index (χ3n) is 9.77. The minimum absolute atomic E-state index is 1.20. The van der Waals surface area contributed by atoms with Crippen LogP contribution < -0.4 is 0 Å². The van der Waals surface area contributed by atoms with Crippen LogP contribution in [0.5, 0.6) is 0 Å². The number of benzene rings is 5. The average Bonchev–Trinajstić information content (AvgIpc) is 2.94. The van der Waals surface area contributed by atoms with Crippen molar-refractivity contribution in [1.29, 1.82) is 0 Å². The van der Waals surface area contributed by atoms with Crippen LogP contribution in [0.1, 0.15) is 70.2 Å². The monoisotopic (exact) mass is 494 g/mol. The highest BCUT2D eigenvalue weighted by molar-refractivity contribution is 6.22. The van der Waals surface area contributed by atoms with Crippen LogP contribution in [-0.2, 0) is 25.7 Å². The highest BCUT2D eigenvalue weighted by atomic mass is 14.3. The summed E-state index contributed by atoms with van der Waals surface area (Å²) in [6, 6.07) is 23.6. The fourth-order valence-electron chi connectivity index (χ4n) is 7.68. The van der Waals surface area contributed by atoms with Gasteiger partial charge in [-0.15, -0.1) is 0 Å². The third kappa shape index (κ3) is 3.49. The van der Waals surface area contributed by atoms with Crippen molar-refractivity contribution in [1.82, 2.24) is 0 Å². The second-order valence-corrected chi connectivity index (χ2v) is 11.9. The van der Waals surface area contributed by atoms with Crippen molar-refractivity contribution in [2.75, 3.05) is 0 Å². The van der Waals surface area contributed by atoms with Crippen LogP contribution in [0.2, 0.25) is 0 Å². The minimum atomic E-state index is 1.20. The Kier molecular flexibility index (Phi) is 5.69. The van der Waals surface area contributed by atoms with Gasteiger partial charge in [0.05, 0.1) is 0 Å². The number of hydrogen-bond acceptors (Lipinski definition) is 0. The SMILES string of the molecule is Cc1cc2c(c(-c3c4ccccc4c(-c4c(C)c(C)cc5c4CCCC5)c4ccccc34)c1C)CCCC2. The molecule has 2 aliphatic carbocycles. The molecule has 0 atom stereocenters. The van der Waals surface area contributed by atoms with Crippen molar-refractivity contribution < 1.29 is 0 Å². The van der Waals surface area contributed by atoms with Gasteiger partial charge in [0.1, 0.15) is 0 Å².